The van der Waals surface area contributed by atoms with Crippen LogP contribution in [-0.2, 0) is 0 Å². The molecule has 0 rings (SSSR count). The van der Waals surface area contributed by atoms with Crippen molar-refractivity contribution in [3.8, 4) is 0 Å². The highest BCUT2D eigenvalue weighted by Crippen LogP contribution is 1.72. The standard InChI is InChI=1S/C3H10Si2/c1-3(2)5-4/h1,5H2,2,4H3. The maximum Gasteiger partial charge on any atom is 0.0322 e. The van der Waals surface area contributed by atoms with Gasteiger partial charge >= 0.3 is 0 Å². The van der Waals surface area contributed by atoms with Gasteiger partial charge in [0.05, 0.1) is 0 Å². The van der Waals surface area contributed by atoms with Crippen LogP contribution in [0, 0.1) is 0 Å². The molecule has 0 spiro atoms. The van der Waals surface area contributed by atoms with E-state index in [0.717, 1.165) is 0 Å². The van der Waals surface area contributed by atoms with E-state index >= 15 is 0 Å². The van der Waals surface area contributed by atoms with E-state index in [2.05, 4.69) is 13.5 Å². The minimum Gasteiger partial charge on any atom is -0.105 e. The topological polar surface area (TPSA) is 0 Å². The van der Waals surface area contributed by atoms with Crippen LogP contribution in [-0.4, -0.2) is 18.8 Å². The molecule has 2 heteroatoms. The normalized spacial score (nSPS) is 10.6. The molecule has 0 saturated heterocycles. The predicted molar refractivity (Wildman–Crippen MR) is 33.3 cm³/mol. The Morgan fingerprint density at radius 2 is 2.20 bits per heavy atom. The molecule has 0 saturated carbocycles. The molecule has 0 heterocycles. The van der Waals surface area contributed by atoms with E-state index in [-0.39, 0.29) is 0 Å². The van der Waals surface area contributed by atoms with E-state index in [1.807, 2.05) is 0 Å². The van der Waals surface area contributed by atoms with Gasteiger partial charge in [0.25, 0.3) is 0 Å². The minimum atomic E-state index is 0.293. The summed E-state index contributed by atoms with van der Waals surface area (Å²) in [7, 11) is 1.71. The molecule has 0 N–H and O–H groups in total. The molecule has 30 valence electrons. The predicted octanol–water partition coefficient (Wildman–Crippen LogP) is -1.03. The first-order valence-corrected chi connectivity index (χ1v) is 8.28. The zero-order valence-electron chi connectivity index (χ0n) is 3.91. The Balaban J connectivity index is 2.85. The van der Waals surface area contributed by atoms with Crippen LogP contribution in [0.3, 0.4) is 0 Å². The van der Waals surface area contributed by atoms with Gasteiger partial charge in [0, 0.05) is 9.04 Å². The average molecular weight is 102 g/mol. The maximum absolute atomic E-state index is 3.77. The highest BCUT2D eigenvalue weighted by molar-refractivity contribution is 6.93. The zero-order valence-corrected chi connectivity index (χ0v) is 7.33. The smallest absolute Gasteiger partial charge is 0.0322 e. The van der Waals surface area contributed by atoms with Gasteiger partial charge in [0.1, 0.15) is 0 Å². The van der Waals surface area contributed by atoms with Gasteiger partial charge in [-0.3, -0.25) is 0 Å². The molecular weight excluding hydrogens is 92.2 g/mol. The molecule has 0 atom stereocenters. The minimum absolute atomic E-state index is 0.293. The van der Waals surface area contributed by atoms with Gasteiger partial charge in [0.15, 0.2) is 0 Å². The average Bonchev–Trinajstić information content (AvgIpc) is 1.38. The van der Waals surface area contributed by atoms with Crippen LogP contribution in [0.25, 0.3) is 0 Å². The molecule has 0 aromatic heterocycles. The third kappa shape index (κ3) is 4.17. The van der Waals surface area contributed by atoms with E-state index in [0.29, 0.717) is 9.04 Å². The van der Waals surface area contributed by atoms with Gasteiger partial charge in [0.2, 0.25) is 0 Å². The fourth-order valence-corrected chi connectivity index (χ4v) is 0. The van der Waals surface area contributed by atoms with Gasteiger partial charge in [-0.1, -0.05) is 0 Å². The van der Waals surface area contributed by atoms with Crippen LogP contribution in [0.1, 0.15) is 6.92 Å². The van der Waals surface area contributed by atoms with E-state index in [1.165, 1.54) is 15.0 Å². The second kappa shape index (κ2) is 2.41. The van der Waals surface area contributed by atoms with Crippen LogP contribution >= 0.6 is 0 Å². The van der Waals surface area contributed by atoms with E-state index in [4.69, 9.17) is 0 Å². The van der Waals surface area contributed by atoms with Crippen LogP contribution < -0.4 is 0 Å². The first-order valence-electron chi connectivity index (χ1n) is 1.91. The fourth-order valence-electron chi connectivity index (χ4n) is 0. The summed E-state index contributed by atoms with van der Waals surface area (Å²) in [6.45, 7) is 5.89. The second-order valence-electron chi connectivity index (χ2n) is 1.31. The van der Waals surface area contributed by atoms with E-state index in [9.17, 15) is 0 Å². The van der Waals surface area contributed by atoms with E-state index in [1.54, 1.807) is 0 Å². The van der Waals surface area contributed by atoms with Crippen LogP contribution in [0.15, 0.2) is 11.8 Å². The third-order valence-corrected chi connectivity index (χ3v) is 5.43. The molecule has 0 aliphatic carbocycles. The zero-order chi connectivity index (χ0) is 4.28. The van der Waals surface area contributed by atoms with Crippen molar-refractivity contribution >= 4 is 18.8 Å². The Bertz CT molecular complexity index is 40.2. The maximum atomic E-state index is 3.77. The Labute approximate surface area is 38.3 Å². The molecule has 0 radical (unpaired) electrons. The van der Waals surface area contributed by atoms with Crippen molar-refractivity contribution in [2.75, 3.05) is 0 Å². The summed E-state index contributed by atoms with van der Waals surface area (Å²) >= 11 is 0. The van der Waals surface area contributed by atoms with Gasteiger partial charge < -0.3 is 0 Å². The summed E-state index contributed by atoms with van der Waals surface area (Å²) in [6, 6.07) is 0. The molecule has 0 aliphatic heterocycles. The molecule has 5 heavy (non-hydrogen) atoms. The van der Waals surface area contributed by atoms with Crippen LogP contribution in [0.2, 0.25) is 0 Å². The first kappa shape index (κ1) is 5.17. The van der Waals surface area contributed by atoms with Gasteiger partial charge in [-0.2, -0.15) is 0 Å². The van der Waals surface area contributed by atoms with Crippen LogP contribution in [0.4, 0.5) is 0 Å². The summed E-state index contributed by atoms with van der Waals surface area (Å²) in [6.07, 6.45) is 0. The highest BCUT2D eigenvalue weighted by Gasteiger charge is 1.69. The van der Waals surface area contributed by atoms with Gasteiger partial charge in [-0.05, 0) is 16.7 Å². The van der Waals surface area contributed by atoms with E-state index < -0.39 is 0 Å². The third-order valence-electron chi connectivity index (χ3n) is 0.604. The number of rotatable bonds is 1. The number of hydrogen-bond donors (Lipinski definition) is 0. The SMILES string of the molecule is C=C(C)[SiH2][SiH3]. The lowest BCUT2D eigenvalue weighted by atomic mass is 10.8. The summed E-state index contributed by atoms with van der Waals surface area (Å²) in [5, 5.41) is 1.46. The second-order valence-corrected chi connectivity index (χ2v) is 5.35. The summed E-state index contributed by atoms with van der Waals surface area (Å²) < 4.78 is 0. The summed E-state index contributed by atoms with van der Waals surface area (Å²) in [4.78, 5) is 0. The summed E-state index contributed by atoms with van der Waals surface area (Å²) in [5.41, 5.74) is 0. The lowest BCUT2D eigenvalue weighted by molar-refractivity contribution is 1.71. The first-order chi connectivity index (χ1) is 2.27. The monoisotopic (exact) mass is 102 g/mol. The lowest BCUT2D eigenvalue weighted by Gasteiger charge is -1.78. The molecule has 0 unspecified atom stereocenters. The Morgan fingerprint density at radius 3 is 2.20 bits per heavy atom. The molecule has 0 aromatic rings. The Hall–Kier alpha value is 0.174. The fraction of sp³-hybridized carbons (Fsp3) is 0.333. The van der Waals surface area contributed by atoms with Gasteiger partial charge in [-0.25, -0.2) is 0 Å². The molecule has 0 nitrogen and oxygen atoms in total. The van der Waals surface area contributed by atoms with Crippen molar-refractivity contribution in [1.29, 1.82) is 0 Å². The molecule has 0 aliphatic rings. The molecule has 0 amide bonds. The summed E-state index contributed by atoms with van der Waals surface area (Å²) in [5.74, 6) is 0. The van der Waals surface area contributed by atoms with Crippen molar-refractivity contribution in [3.05, 3.63) is 11.8 Å². The highest BCUT2D eigenvalue weighted by atomic mass is 29.1. The van der Waals surface area contributed by atoms with Gasteiger partial charge in [-0.15, -0.1) is 11.8 Å². The quantitative estimate of drug-likeness (QED) is 0.371. The number of hydrogen-bond acceptors (Lipinski definition) is 0. The van der Waals surface area contributed by atoms with Crippen molar-refractivity contribution < 1.29 is 0 Å². The van der Waals surface area contributed by atoms with Crippen LogP contribution in [0.5, 0.6) is 0 Å². The molecule has 0 bridgehead atoms. The molecule has 0 fully saturated rings. The van der Waals surface area contributed by atoms with Crippen molar-refractivity contribution in [3.63, 3.8) is 0 Å². The Morgan fingerprint density at radius 1 is 2.00 bits per heavy atom. The Kier molecular flexibility index (Phi) is 2.50. The van der Waals surface area contributed by atoms with Crippen molar-refractivity contribution in [2.45, 2.75) is 6.92 Å². The largest absolute Gasteiger partial charge is 0.105 e. The molecule has 0 aromatic carbocycles. The number of allylic oxidation sites excluding steroid dienone is 1. The van der Waals surface area contributed by atoms with Crippen molar-refractivity contribution in [2.24, 2.45) is 0 Å². The lowest BCUT2D eigenvalue weighted by Crippen LogP contribution is -1.85. The molecular formula is C3H10Si2. The van der Waals surface area contributed by atoms with Crippen molar-refractivity contribution in [1.82, 2.24) is 0 Å².